The zero-order valence-electron chi connectivity index (χ0n) is 11.8. The Balaban J connectivity index is 2.32. The van der Waals surface area contributed by atoms with Crippen molar-refractivity contribution in [3.05, 3.63) is 52.7 Å². The number of aliphatic imine (C=N–C) groups is 1. The predicted octanol–water partition coefficient (Wildman–Crippen LogP) is 3.77. The molecule has 0 aliphatic heterocycles. The molecule has 0 saturated carbocycles. The van der Waals surface area contributed by atoms with Crippen LogP contribution >= 0.6 is 0 Å². The van der Waals surface area contributed by atoms with Gasteiger partial charge in [-0.2, -0.15) is 0 Å². The molecule has 98 valence electrons. The van der Waals surface area contributed by atoms with E-state index in [4.69, 9.17) is 4.74 Å². The van der Waals surface area contributed by atoms with Crippen LogP contribution in [-0.2, 0) is 0 Å². The molecule has 0 aliphatic carbocycles. The van der Waals surface area contributed by atoms with Crippen LogP contribution < -0.4 is 4.74 Å². The van der Waals surface area contributed by atoms with E-state index in [1.807, 2.05) is 18.2 Å². The average molecular weight is 254 g/mol. The lowest BCUT2D eigenvalue weighted by Crippen LogP contribution is -1.92. The van der Waals surface area contributed by atoms with Crippen LogP contribution in [0.1, 0.15) is 22.4 Å². The van der Waals surface area contributed by atoms with Crippen LogP contribution in [0.2, 0.25) is 0 Å². The maximum absolute atomic E-state index is 5.10. The van der Waals surface area contributed by atoms with Crippen LogP contribution in [0, 0.1) is 20.8 Å². The minimum atomic E-state index is 0.598. The molecule has 0 amide bonds. The summed E-state index contributed by atoms with van der Waals surface area (Å²) < 4.78 is 5.10. The first-order valence-electron chi connectivity index (χ1n) is 6.23. The fraction of sp³-hybridized carbons (Fsp3) is 0.250. The highest BCUT2D eigenvalue weighted by Gasteiger charge is 2.02. The van der Waals surface area contributed by atoms with E-state index in [1.54, 1.807) is 13.3 Å². The molecule has 3 heteroatoms. The van der Waals surface area contributed by atoms with E-state index < -0.39 is 0 Å². The minimum absolute atomic E-state index is 0.598. The molecule has 1 heterocycles. The summed E-state index contributed by atoms with van der Waals surface area (Å²) in [6.07, 6.45) is 1.77. The molecule has 0 saturated heterocycles. The van der Waals surface area contributed by atoms with Gasteiger partial charge in [-0.15, -0.1) is 0 Å². The summed E-state index contributed by atoms with van der Waals surface area (Å²) in [5.74, 6) is 0.598. The Morgan fingerprint density at radius 1 is 1.11 bits per heavy atom. The molecule has 0 fully saturated rings. The fourth-order valence-corrected chi connectivity index (χ4v) is 2.12. The van der Waals surface area contributed by atoms with Gasteiger partial charge in [0.05, 0.1) is 24.7 Å². The highest BCUT2D eigenvalue weighted by molar-refractivity contribution is 5.80. The Morgan fingerprint density at radius 2 is 1.79 bits per heavy atom. The number of hydrogen-bond donors (Lipinski definition) is 0. The molecule has 2 aromatic rings. The summed E-state index contributed by atoms with van der Waals surface area (Å²) in [6, 6.07) is 9.91. The lowest BCUT2D eigenvalue weighted by atomic mass is 10.1. The van der Waals surface area contributed by atoms with Crippen LogP contribution in [0.25, 0.3) is 0 Å². The number of hydrogen-bond acceptors (Lipinski definition) is 3. The van der Waals surface area contributed by atoms with Gasteiger partial charge in [-0.05, 0) is 38.0 Å². The van der Waals surface area contributed by atoms with Crippen LogP contribution in [0.4, 0.5) is 5.69 Å². The van der Waals surface area contributed by atoms with E-state index in [0.29, 0.717) is 5.88 Å². The molecule has 0 N–H and O–H groups in total. The van der Waals surface area contributed by atoms with E-state index >= 15 is 0 Å². The smallest absolute Gasteiger partial charge is 0.213 e. The molecular weight excluding hydrogens is 236 g/mol. The normalized spacial score (nSPS) is 10.9. The van der Waals surface area contributed by atoms with Crippen molar-refractivity contribution in [2.45, 2.75) is 20.8 Å². The number of methoxy groups -OCH3 is 1. The fourth-order valence-electron chi connectivity index (χ4n) is 2.12. The van der Waals surface area contributed by atoms with Gasteiger partial charge in [0.2, 0.25) is 5.88 Å². The van der Waals surface area contributed by atoms with Gasteiger partial charge in [-0.25, -0.2) is 4.98 Å². The van der Waals surface area contributed by atoms with Crippen molar-refractivity contribution in [2.24, 2.45) is 4.99 Å². The second-order valence-electron chi connectivity index (χ2n) is 4.61. The number of ether oxygens (including phenoxy) is 1. The summed E-state index contributed by atoms with van der Waals surface area (Å²) in [4.78, 5) is 8.86. The van der Waals surface area contributed by atoms with Gasteiger partial charge < -0.3 is 4.74 Å². The highest BCUT2D eigenvalue weighted by Crippen LogP contribution is 2.24. The van der Waals surface area contributed by atoms with Crippen molar-refractivity contribution < 1.29 is 4.74 Å². The van der Waals surface area contributed by atoms with Gasteiger partial charge in [0, 0.05) is 6.07 Å². The first-order valence-corrected chi connectivity index (χ1v) is 6.23. The molecular formula is C16H18N2O. The third kappa shape index (κ3) is 3.19. The van der Waals surface area contributed by atoms with E-state index in [0.717, 1.165) is 11.4 Å². The number of benzene rings is 1. The van der Waals surface area contributed by atoms with Crippen LogP contribution in [0.5, 0.6) is 5.88 Å². The molecule has 1 aromatic heterocycles. The Hall–Kier alpha value is -2.16. The Kier molecular flexibility index (Phi) is 3.95. The predicted molar refractivity (Wildman–Crippen MR) is 78.7 cm³/mol. The van der Waals surface area contributed by atoms with Gasteiger partial charge in [-0.3, -0.25) is 4.99 Å². The van der Waals surface area contributed by atoms with Gasteiger partial charge >= 0.3 is 0 Å². The highest BCUT2D eigenvalue weighted by atomic mass is 16.5. The quantitative estimate of drug-likeness (QED) is 0.781. The molecule has 0 unspecified atom stereocenters. The molecule has 0 atom stereocenters. The molecule has 0 radical (unpaired) electrons. The van der Waals surface area contributed by atoms with E-state index in [2.05, 4.69) is 42.9 Å². The van der Waals surface area contributed by atoms with Crippen molar-refractivity contribution in [3.63, 3.8) is 0 Å². The zero-order valence-corrected chi connectivity index (χ0v) is 11.8. The Bertz CT molecular complexity index is 595. The molecule has 0 aliphatic rings. The number of aryl methyl sites for hydroxylation is 3. The number of aromatic nitrogens is 1. The van der Waals surface area contributed by atoms with Gasteiger partial charge in [0.1, 0.15) is 0 Å². The first kappa shape index (κ1) is 13.3. The first-order chi connectivity index (χ1) is 9.10. The maximum Gasteiger partial charge on any atom is 0.213 e. The summed E-state index contributed by atoms with van der Waals surface area (Å²) >= 11 is 0. The second-order valence-corrected chi connectivity index (χ2v) is 4.61. The van der Waals surface area contributed by atoms with Crippen LogP contribution in [0.3, 0.4) is 0 Å². The van der Waals surface area contributed by atoms with Gasteiger partial charge in [-0.1, -0.05) is 23.8 Å². The lowest BCUT2D eigenvalue weighted by Gasteiger charge is -2.06. The van der Waals surface area contributed by atoms with Crippen molar-refractivity contribution in [2.75, 3.05) is 7.11 Å². The lowest BCUT2D eigenvalue weighted by molar-refractivity contribution is 0.397. The Morgan fingerprint density at radius 3 is 2.42 bits per heavy atom. The standard InChI is InChI=1S/C16H18N2O/c1-11-8-12(2)16(13(3)9-11)17-10-14-6-5-7-15(18-14)19-4/h5-10H,1-4H3. The van der Waals surface area contributed by atoms with Crippen LogP contribution in [-0.4, -0.2) is 18.3 Å². The van der Waals surface area contributed by atoms with Crippen LogP contribution in [0.15, 0.2) is 35.3 Å². The van der Waals surface area contributed by atoms with Crippen molar-refractivity contribution >= 4 is 11.9 Å². The molecule has 3 nitrogen and oxygen atoms in total. The molecule has 0 bridgehead atoms. The summed E-state index contributed by atoms with van der Waals surface area (Å²) in [5.41, 5.74) is 5.41. The largest absolute Gasteiger partial charge is 0.481 e. The third-order valence-corrected chi connectivity index (χ3v) is 2.92. The number of nitrogens with zero attached hydrogens (tertiary/aromatic N) is 2. The SMILES string of the molecule is COc1cccc(C=Nc2c(C)cc(C)cc2C)n1. The Labute approximate surface area is 114 Å². The second kappa shape index (κ2) is 5.65. The van der Waals surface area contributed by atoms with E-state index in [9.17, 15) is 0 Å². The minimum Gasteiger partial charge on any atom is -0.481 e. The monoisotopic (exact) mass is 254 g/mol. The topological polar surface area (TPSA) is 34.5 Å². The summed E-state index contributed by atoms with van der Waals surface area (Å²) in [5, 5.41) is 0. The van der Waals surface area contributed by atoms with E-state index in [1.165, 1.54) is 16.7 Å². The van der Waals surface area contributed by atoms with Crippen molar-refractivity contribution in [3.8, 4) is 5.88 Å². The van der Waals surface area contributed by atoms with Crippen molar-refractivity contribution in [1.29, 1.82) is 0 Å². The zero-order chi connectivity index (χ0) is 13.8. The van der Waals surface area contributed by atoms with Gasteiger partial charge in [0.25, 0.3) is 0 Å². The maximum atomic E-state index is 5.10. The number of pyridine rings is 1. The summed E-state index contributed by atoms with van der Waals surface area (Å²) in [7, 11) is 1.61. The van der Waals surface area contributed by atoms with Crippen molar-refractivity contribution in [1.82, 2.24) is 4.98 Å². The average Bonchev–Trinajstić information content (AvgIpc) is 2.37. The summed E-state index contributed by atoms with van der Waals surface area (Å²) in [6.45, 7) is 6.24. The molecule has 19 heavy (non-hydrogen) atoms. The molecule has 0 spiro atoms. The van der Waals surface area contributed by atoms with E-state index in [-0.39, 0.29) is 0 Å². The van der Waals surface area contributed by atoms with Gasteiger partial charge in [0.15, 0.2) is 0 Å². The third-order valence-electron chi connectivity index (χ3n) is 2.92. The molecule has 1 aromatic carbocycles. The molecule has 2 rings (SSSR count). The number of rotatable bonds is 3.